The van der Waals surface area contributed by atoms with Gasteiger partial charge in [-0.3, -0.25) is 0 Å². The fourth-order valence-electron chi connectivity index (χ4n) is 5.86. The Morgan fingerprint density at radius 3 is 2.52 bits per heavy atom. The normalized spacial score (nSPS) is 17.5. The number of primary amides is 1. The number of amides is 2. The lowest BCUT2D eigenvalue weighted by Gasteiger charge is -2.44. The third-order valence-electron chi connectivity index (χ3n) is 8.37. The number of benzene rings is 2. The minimum atomic E-state index is -0.672. The lowest BCUT2D eigenvalue weighted by molar-refractivity contribution is 0.0960. The highest BCUT2D eigenvalue weighted by molar-refractivity contribution is 5.73. The molecular weight excluding hydrogens is 543 g/mol. The molecule has 5 rings (SSSR count). The summed E-state index contributed by atoms with van der Waals surface area (Å²) >= 11 is 0. The minimum Gasteiger partial charge on any atom is -0.481 e. The van der Waals surface area contributed by atoms with Gasteiger partial charge in [-0.1, -0.05) is 19.1 Å². The quantitative estimate of drug-likeness (QED) is 0.356. The Morgan fingerprint density at radius 2 is 1.86 bits per heavy atom. The van der Waals surface area contributed by atoms with Crippen LogP contribution in [0.2, 0.25) is 0 Å². The first-order valence-electron chi connectivity index (χ1n) is 14.6. The van der Waals surface area contributed by atoms with E-state index in [1.54, 1.807) is 17.0 Å². The number of hydrogen-bond donors (Lipinski definition) is 1. The molecule has 0 spiro atoms. The number of carbonyl (C=O) groups excluding carboxylic acids is 1. The van der Waals surface area contributed by atoms with E-state index in [-0.39, 0.29) is 41.2 Å². The zero-order valence-corrected chi connectivity index (χ0v) is 24.6. The van der Waals surface area contributed by atoms with Gasteiger partial charge in [0.25, 0.3) is 0 Å². The Hall–Kier alpha value is -3.82. The molecule has 2 aromatic carbocycles. The Balaban J connectivity index is 1.36. The molecule has 7 nitrogen and oxygen atoms in total. The maximum Gasteiger partial charge on any atom is 0.314 e. The lowest BCUT2D eigenvalue weighted by atomic mass is 9.89. The van der Waals surface area contributed by atoms with Gasteiger partial charge >= 0.3 is 6.03 Å². The maximum atomic E-state index is 15.4. The number of halogens is 3. The lowest BCUT2D eigenvalue weighted by Crippen LogP contribution is -2.50. The number of aromatic nitrogens is 2. The summed E-state index contributed by atoms with van der Waals surface area (Å²) in [5, 5.41) is 0. The van der Waals surface area contributed by atoms with Crippen LogP contribution in [0.4, 0.5) is 23.7 Å². The van der Waals surface area contributed by atoms with E-state index in [2.05, 4.69) is 28.7 Å². The number of ether oxygens (including phenoxy) is 1. The van der Waals surface area contributed by atoms with Crippen LogP contribution in [-0.2, 0) is 12.8 Å². The maximum absolute atomic E-state index is 15.4. The van der Waals surface area contributed by atoms with E-state index < -0.39 is 23.3 Å². The van der Waals surface area contributed by atoms with Crippen molar-refractivity contribution in [3.63, 3.8) is 0 Å². The summed E-state index contributed by atoms with van der Waals surface area (Å²) in [6.45, 7) is 9.68. The molecule has 1 fully saturated rings. The molecule has 1 unspecified atom stereocenters. The smallest absolute Gasteiger partial charge is 0.314 e. The molecule has 42 heavy (non-hydrogen) atoms. The van der Waals surface area contributed by atoms with E-state index in [1.807, 2.05) is 19.9 Å². The number of urea groups is 1. The van der Waals surface area contributed by atoms with Crippen LogP contribution in [-0.4, -0.2) is 52.2 Å². The van der Waals surface area contributed by atoms with Crippen LogP contribution in [0.3, 0.4) is 0 Å². The first-order chi connectivity index (χ1) is 19.9. The summed E-state index contributed by atoms with van der Waals surface area (Å²) < 4.78 is 51.5. The highest BCUT2D eigenvalue weighted by Crippen LogP contribution is 2.43. The molecular formula is C32H38F3N5O2. The zero-order valence-electron chi connectivity index (χ0n) is 24.6. The van der Waals surface area contributed by atoms with Gasteiger partial charge in [-0.05, 0) is 81.7 Å². The molecule has 10 heteroatoms. The summed E-state index contributed by atoms with van der Waals surface area (Å²) in [6, 6.07) is 7.71. The predicted molar refractivity (Wildman–Crippen MR) is 156 cm³/mol. The Kier molecular flexibility index (Phi) is 8.35. The van der Waals surface area contributed by atoms with E-state index >= 15 is 13.2 Å². The largest absolute Gasteiger partial charge is 0.481 e. The fourth-order valence-corrected chi connectivity index (χ4v) is 5.86. The Labute approximate surface area is 244 Å². The second kappa shape index (κ2) is 11.8. The number of likely N-dealkylation sites (tertiary alicyclic amines) is 1. The van der Waals surface area contributed by atoms with Gasteiger partial charge in [-0.2, -0.15) is 0 Å². The van der Waals surface area contributed by atoms with Crippen molar-refractivity contribution in [3.8, 4) is 17.0 Å². The molecule has 0 radical (unpaired) electrons. The van der Waals surface area contributed by atoms with Gasteiger partial charge < -0.3 is 20.3 Å². The molecule has 3 heterocycles. The number of nitrogens with zero attached hydrogens (tertiary/aromatic N) is 4. The Bertz CT molecular complexity index is 1470. The number of anilines is 1. The molecule has 3 aromatic rings. The zero-order chi connectivity index (χ0) is 30.2. The van der Waals surface area contributed by atoms with E-state index in [1.165, 1.54) is 12.1 Å². The van der Waals surface area contributed by atoms with E-state index in [0.29, 0.717) is 48.7 Å². The molecule has 1 saturated heterocycles. The highest BCUT2D eigenvalue weighted by atomic mass is 19.1. The summed E-state index contributed by atoms with van der Waals surface area (Å²) in [5.74, 6) is -0.855. The van der Waals surface area contributed by atoms with Crippen molar-refractivity contribution in [1.82, 2.24) is 14.9 Å². The third-order valence-corrected chi connectivity index (χ3v) is 8.37. The van der Waals surface area contributed by atoms with Gasteiger partial charge in [0.1, 0.15) is 22.9 Å². The van der Waals surface area contributed by atoms with Crippen LogP contribution in [0.1, 0.15) is 63.9 Å². The number of piperidine rings is 1. The summed E-state index contributed by atoms with van der Waals surface area (Å²) in [7, 11) is 0. The van der Waals surface area contributed by atoms with Crippen LogP contribution in [0.15, 0.2) is 36.5 Å². The number of nitrogens with two attached hydrogens (primary N) is 1. The first kappa shape index (κ1) is 29.7. The fraction of sp³-hybridized carbons (Fsp3) is 0.469. The van der Waals surface area contributed by atoms with Crippen LogP contribution < -0.4 is 15.4 Å². The molecule has 2 aliphatic rings. The van der Waals surface area contributed by atoms with Crippen molar-refractivity contribution in [2.75, 3.05) is 24.5 Å². The first-order valence-corrected chi connectivity index (χ1v) is 14.6. The second-order valence-corrected chi connectivity index (χ2v) is 12.1. The number of hydrogen-bond acceptors (Lipinski definition) is 5. The minimum absolute atomic E-state index is 0.0185. The molecule has 0 aliphatic carbocycles. The van der Waals surface area contributed by atoms with Gasteiger partial charge in [0.15, 0.2) is 17.4 Å². The van der Waals surface area contributed by atoms with Gasteiger partial charge in [0.05, 0.1) is 18.4 Å². The average Bonchev–Trinajstić information content (AvgIpc) is 2.95. The van der Waals surface area contributed by atoms with E-state index in [4.69, 9.17) is 10.5 Å². The summed E-state index contributed by atoms with van der Waals surface area (Å²) in [5.41, 5.74) is 6.86. The standard InChI is InChI=1S/C32H38F3N5O2/c1-5-19(2)40-18-32(3,4)42-30-25(34)15-23(16-27(30)40)29-26(35)17-37-28(38-29)14-21-6-7-22(24(33)13-21)12-20-8-10-39(11-9-20)31(36)41/h6-7,13,15-17,19-20H,5,8-12,14,18H2,1-4H3,(H2,36,41). The highest BCUT2D eigenvalue weighted by Gasteiger charge is 2.36. The van der Waals surface area contributed by atoms with Crippen LogP contribution in [0.25, 0.3) is 11.3 Å². The number of carbonyl (C=O) groups is 1. The van der Waals surface area contributed by atoms with Crippen molar-refractivity contribution in [2.45, 2.75) is 71.4 Å². The molecule has 0 bridgehead atoms. The number of rotatable bonds is 7. The van der Waals surface area contributed by atoms with Crippen LogP contribution >= 0.6 is 0 Å². The summed E-state index contributed by atoms with van der Waals surface area (Å²) in [6.07, 6.45) is 4.23. The molecule has 2 aliphatic heterocycles. The molecule has 224 valence electrons. The van der Waals surface area contributed by atoms with Gasteiger partial charge in [0.2, 0.25) is 0 Å². The number of fused-ring (bicyclic) bond motifs is 1. The van der Waals surface area contributed by atoms with Crippen molar-refractivity contribution < 1.29 is 22.7 Å². The van der Waals surface area contributed by atoms with Gasteiger partial charge in [-0.25, -0.2) is 27.9 Å². The topological polar surface area (TPSA) is 84.6 Å². The van der Waals surface area contributed by atoms with Gasteiger partial charge in [-0.15, -0.1) is 0 Å². The van der Waals surface area contributed by atoms with Gasteiger partial charge in [0, 0.05) is 31.1 Å². The van der Waals surface area contributed by atoms with Crippen molar-refractivity contribution in [3.05, 3.63) is 70.9 Å². The SMILES string of the molecule is CCC(C)N1CC(C)(C)Oc2c(F)cc(-c3nc(Cc4ccc(CC5CCN(C(N)=O)CC5)c(F)c4)ncc3F)cc21. The average molecular weight is 582 g/mol. The Morgan fingerprint density at radius 1 is 1.12 bits per heavy atom. The monoisotopic (exact) mass is 581 g/mol. The summed E-state index contributed by atoms with van der Waals surface area (Å²) in [4.78, 5) is 23.6. The van der Waals surface area contributed by atoms with Crippen molar-refractivity contribution in [1.29, 1.82) is 0 Å². The van der Waals surface area contributed by atoms with Crippen molar-refractivity contribution >= 4 is 11.7 Å². The van der Waals surface area contributed by atoms with Crippen LogP contribution in [0.5, 0.6) is 5.75 Å². The molecule has 2 N–H and O–H groups in total. The van der Waals surface area contributed by atoms with E-state index in [9.17, 15) is 4.79 Å². The van der Waals surface area contributed by atoms with Crippen molar-refractivity contribution in [2.24, 2.45) is 11.7 Å². The molecule has 0 saturated carbocycles. The molecule has 2 amide bonds. The second-order valence-electron chi connectivity index (χ2n) is 12.1. The van der Waals surface area contributed by atoms with Crippen LogP contribution in [0, 0.1) is 23.4 Å². The third kappa shape index (κ3) is 6.32. The molecule has 1 aromatic heterocycles. The van der Waals surface area contributed by atoms with E-state index in [0.717, 1.165) is 25.5 Å². The molecule has 1 atom stereocenters. The predicted octanol–water partition coefficient (Wildman–Crippen LogP) is 6.26.